The van der Waals surface area contributed by atoms with Crippen molar-refractivity contribution < 1.29 is 4.42 Å². The van der Waals surface area contributed by atoms with E-state index < -0.39 is 0 Å². The third-order valence-electron chi connectivity index (χ3n) is 9.20. The van der Waals surface area contributed by atoms with Gasteiger partial charge in [0.05, 0.1) is 28.3 Å². The van der Waals surface area contributed by atoms with Crippen LogP contribution in [0.15, 0.2) is 156 Å². The fourth-order valence-electron chi connectivity index (χ4n) is 7.24. The molecule has 0 aliphatic rings. The van der Waals surface area contributed by atoms with Crippen LogP contribution in [0.5, 0.6) is 0 Å². The van der Waals surface area contributed by atoms with Gasteiger partial charge in [0, 0.05) is 49.9 Å². The van der Waals surface area contributed by atoms with Crippen molar-refractivity contribution in [3.63, 3.8) is 0 Å². The molecule has 0 N–H and O–H groups in total. The standard InChI is InChI=1S/C41H25N3O/c1-4-16-36-30(13-1)31-14-2-5-17-37(31)43(36)28-11-7-9-26(23-28)27-10-8-12-29(24-27)44-38-25-42-22-21-32(38)34-19-20-35-33-15-3-6-18-39(33)45-41(35)40(34)44/h1-25H. The SMILES string of the molecule is c1cc(-c2cccc(-n3c4cnccc4c4ccc5c6ccccc6oc5c43)c2)cc(-n2c3ccccc3c3ccccc32)c1. The molecule has 0 bridgehead atoms. The van der Waals surface area contributed by atoms with Gasteiger partial charge in [0.15, 0.2) is 5.58 Å². The van der Waals surface area contributed by atoms with Gasteiger partial charge in [-0.3, -0.25) is 4.98 Å². The van der Waals surface area contributed by atoms with Crippen molar-refractivity contribution in [2.24, 2.45) is 0 Å². The Labute approximate surface area is 258 Å². The summed E-state index contributed by atoms with van der Waals surface area (Å²) >= 11 is 0. The molecule has 0 atom stereocenters. The van der Waals surface area contributed by atoms with Crippen molar-refractivity contribution in [3.8, 4) is 22.5 Å². The summed E-state index contributed by atoms with van der Waals surface area (Å²) in [5, 5.41) is 7.07. The molecule has 4 heterocycles. The molecule has 6 aromatic carbocycles. The highest BCUT2D eigenvalue weighted by atomic mass is 16.3. The first-order valence-electron chi connectivity index (χ1n) is 15.2. The van der Waals surface area contributed by atoms with Gasteiger partial charge in [-0.2, -0.15) is 0 Å². The second-order valence-electron chi connectivity index (χ2n) is 11.6. The average molecular weight is 576 g/mol. The van der Waals surface area contributed by atoms with Gasteiger partial charge in [-0.05, 0) is 65.7 Å². The summed E-state index contributed by atoms with van der Waals surface area (Å²) in [6.07, 6.45) is 3.82. The van der Waals surface area contributed by atoms with E-state index in [9.17, 15) is 0 Å². The van der Waals surface area contributed by atoms with Gasteiger partial charge in [-0.1, -0.05) is 84.9 Å². The van der Waals surface area contributed by atoms with Crippen LogP contribution in [0.4, 0.5) is 0 Å². The van der Waals surface area contributed by atoms with E-state index >= 15 is 0 Å². The highest BCUT2D eigenvalue weighted by Gasteiger charge is 2.19. The first-order valence-corrected chi connectivity index (χ1v) is 15.2. The molecule has 4 heteroatoms. The second kappa shape index (κ2) is 9.18. The molecule has 0 aliphatic heterocycles. The third-order valence-corrected chi connectivity index (χ3v) is 9.20. The van der Waals surface area contributed by atoms with E-state index in [4.69, 9.17) is 4.42 Å². The van der Waals surface area contributed by atoms with E-state index in [1.165, 1.54) is 21.8 Å². The van der Waals surface area contributed by atoms with Crippen LogP contribution in [-0.4, -0.2) is 14.1 Å². The quantitative estimate of drug-likeness (QED) is 0.210. The van der Waals surface area contributed by atoms with Crippen molar-refractivity contribution in [1.82, 2.24) is 14.1 Å². The van der Waals surface area contributed by atoms with E-state index in [2.05, 4.69) is 142 Å². The lowest BCUT2D eigenvalue weighted by Gasteiger charge is -2.12. The molecule has 0 aliphatic carbocycles. The summed E-state index contributed by atoms with van der Waals surface area (Å²) in [6, 6.07) is 49.7. The Kier molecular flexibility index (Phi) is 4.96. The van der Waals surface area contributed by atoms with Gasteiger partial charge in [-0.25, -0.2) is 0 Å². The highest BCUT2D eigenvalue weighted by Crippen LogP contribution is 2.40. The number of fused-ring (bicyclic) bond motifs is 10. The molecule has 0 saturated heterocycles. The fraction of sp³-hybridized carbons (Fsp3) is 0. The number of para-hydroxylation sites is 3. The minimum absolute atomic E-state index is 0.892. The van der Waals surface area contributed by atoms with Crippen LogP contribution in [-0.2, 0) is 0 Å². The average Bonchev–Trinajstić information content (AvgIpc) is 3.76. The van der Waals surface area contributed by atoms with Gasteiger partial charge in [-0.15, -0.1) is 0 Å². The van der Waals surface area contributed by atoms with Crippen LogP contribution in [0.1, 0.15) is 0 Å². The molecule has 210 valence electrons. The molecule has 10 rings (SSSR count). The topological polar surface area (TPSA) is 35.9 Å². The Morgan fingerprint density at radius 2 is 1.04 bits per heavy atom. The monoisotopic (exact) mass is 575 g/mol. The summed E-state index contributed by atoms with van der Waals surface area (Å²) < 4.78 is 11.2. The zero-order valence-electron chi connectivity index (χ0n) is 24.2. The van der Waals surface area contributed by atoms with Crippen LogP contribution >= 0.6 is 0 Å². The Morgan fingerprint density at radius 1 is 0.444 bits per heavy atom. The molecule has 0 unspecified atom stereocenters. The van der Waals surface area contributed by atoms with Gasteiger partial charge >= 0.3 is 0 Å². The smallest absolute Gasteiger partial charge is 0.160 e. The summed E-state index contributed by atoms with van der Waals surface area (Å²) in [5.41, 5.74) is 10.8. The maximum absolute atomic E-state index is 6.56. The zero-order valence-corrected chi connectivity index (χ0v) is 24.2. The van der Waals surface area contributed by atoms with E-state index in [1.54, 1.807) is 0 Å². The van der Waals surface area contributed by atoms with Crippen LogP contribution < -0.4 is 0 Å². The summed E-state index contributed by atoms with van der Waals surface area (Å²) in [7, 11) is 0. The Morgan fingerprint density at radius 3 is 1.78 bits per heavy atom. The minimum atomic E-state index is 0.892. The number of aromatic nitrogens is 3. The number of pyridine rings is 1. The summed E-state index contributed by atoms with van der Waals surface area (Å²) in [5.74, 6) is 0. The molecule has 0 saturated carbocycles. The molecular weight excluding hydrogens is 550 g/mol. The van der Waals surface area contributed by atoms with Crippen molar-refractivity contribution in [1.29, 1.82) is 0 Å². The summed E-state index contributed by atoms with van der Waals surface area (Å²) in [4.78, 5) is 4.53. The van der Waals surface area contributed by atoms with Crippen molar-refractivity contribution >= 4 is 65.6 Å². The number of rotatable bonds is 3. The molecule has 45 heavy (non-hydrogen) atoms. The predicted molar refractivity (Wildman–Crippen MR) is 186 cm³/mol. The largest absolute Gasteiger partial charge is 0.454 e. The lowest BCUT2D eigenvalue weighted by molar-refractivity contribution is 0.671. The lowest BCUT2D eigenvalue weighted by atomic mass is 10.0. The van der Waals surface area contributed by atoms with E-state index in [1.807, 2.05) is 24.5 Å². The Hall–Kier alpha value is -6.13. The van der Waals surface area contributed by atoms with Crippen LogP contribution in [0.3, 0.4) is 0 Å². The van der Waals surface area contributed by atoms with Crippen molar-refractivity contribution in [2.45, 2.75) is 0 Å². The van der Waals surface area contributed by atoms with Crippen LogP contribution in [0, 0.1) is 0 Å². The van der Waals surface area contributed by atoms with Crippen molar-refractivity contribution in [3.05, 3.63) is 152 Å². The second-order valence-corrected chi connectivity index (χ2v) is 11.6. The first kappa shape index (κ1) is 24.3. The van der Waals surface area contributed by atoms with E-state index in [0.717, 1.165) is 66.2 Å². The Bertz CT molecular complexity index is 2720. The number of hydrogen-bond donors (Lipinski definition) is 0. The molecule has 0 amide bonds. The van der Waals surface area contributed by atoms with Gasteiger partial charge in [0.25, 0.3) is 0 Å². The molecule has 4 nitrogen and oxygen atoms in total. The van der Waals surface area contributed by atoms with Gasteiger partial charge in [0.2, 0.25) is 0 Å². The third kappa shape index (κ3) is 3.45. The van der Waals surface area contributed by atoms with Crippen LogP contribution in [0.2, 0.25) is 0 Å². The van der Waals surface area contributed by atoms with E-state index in [-0.39, 0.29) is 0 Å². The maximum Gasteiger partial charge on any atom is 0.160 e. The number of hydrogen-bond acceptors (Lipinski definition) is 2. The molecule has 4 aromatic heterocycles. The van der Waals surface area contributed by atoms with Crippen molar-refractivity contribution in [2.75, 3.05) is 0 Å². The number of nitrogens with zero attached hydrogens (tertiary/aromatic N) is 3. The molecule has 0 spiro atoms. The summed E-state index contributed by atoms with van der Waals surface area (Å²) in [6.45, 7) is 0. The minimum Gasteiger partial charge on any atom is -0.454 e. The van der Waals surface area contributed by atoms with Crippen LogP contribution in [0.25, 0.3) is 88.1 Å². The highest BCUT2D eigenvalue weighted by molar-refractivity contribution is 6.21. The predicted octanol–water partition coefficient (Wildman–Crippen LogP) is 10.8. The number of benzene rings is 6. The first-order chi connectivity index (χ1) is 22.3. The maximum atomic E-state index is 6.56. The van der Waals surface area contributed by atoms with Gasteiger partial charge < -0.3 is 13.6 Å². The Balaban J connectivity index is 1.20. The molecular formula is C41H25N3O. The molecule has 0 radical (unpaired) electrons. The molecule has 0 fully saturated rings. The van der Waals surface area contributed by atoms with Gasteiger partial charge in [0.1, 0.15) is 5.58 Å². The lowest BCUT2D eigenvalue weighted by Crippen LogP contribution is -1.96. The molecule has 10 aromatic rings. The van der Waals surface area contributed by atoms with E-state index in [0.29, 0.717) is 0 Å². The number of furan rings is 1. The fourth-order valence-corrected chi connectivity index (χ4v) is 7.24. The zero-order chi connectivity index (χ0) is 29.5. The normalized spacial score (nSPS) is 12.0.